The van der Waals surface area contributed by atoms with E-state index in [4.69, 9.17) is 9.47 Å². The minimum Gasteiger partial charge on any atom is -0.459 e. The zero-order valence-corrected chi connectivity index (χ0v) is 15.2. The van der Waals surface area contributed by atoms with Gasteiger partial charge < -0.3 is 14.4 Å². The molecule has 1 aliphatic heterocycles. The van der Waals surface area contributed by atoms with Gasteiger partial charge in [0.25, 0.3) is 0 Å². The van der Waals surface area contributed by atoms with E-state index in [0.717, 1.165) is 49.0 Å². The number of para-hydroxylation sites is 1. The Hall–Kier alpha value is -2.83. The van der Waals surface area contributed by atoms with Crippen molar-refractivity contribution in [2.45, 2.75) is 32.1 Å². The van der Waals surface area contributed by atoms with E-state index in [1.165, 1.54) is 4.90 Å². The number of nitrogens with zero attached hydrogens (tertiary/aromatic N) is 3. The van der Waals surface area contributed by atoms with Crippen LogP contribution in [0.5, 0.6) is 0 Å². The summed E-state index contributed by atoms with van der Waals surface area (Å²) in [4.78, 5) is 25.7. The number of carbonyl (C=O) groups is 2. The first-order valence-corrected chi connectivity index (χ1v) is 9.49. The van der Waals surface area contributed by atoms with Crippen LogP contribution in [0.3, 0.4) is 0 Å². The number of fused-ring (bicyclic) bond motifs is 1. The van der Waals surface area contributed by atoms with Crippen molar-refractivity contribution < 1.29 is 19.1 Å². The first kappa shape index (κ1) is 17.6. The lowest BCUT2D eigenvalue weighted by molar-refractivity contribution is 0.0468. The molecule has 1 aliphatic carbocycles. The molecule has 0 atom stereocenters. The lowest BCUT2D eigenvalue weighted by atomic mass is 10.1. The maximum absolute atomic E-state index is 12.7. The van der Waals surface area contributed by atoms with Crippen LogP contribution in [0, 0.1) is 0 Å². The zero-order valence-electron chi connectivity index (χ0n) is 15.2. The first-order valence-electron chi connectivity index (χ1n) is 9.49. The van der Waals surface area contributed by atoms with Crippen molar-refractivity contribution in [3.63, 3.8) is 0 Å². The third-order valence-corrected chi connectivity index (χ3v) is 5.06. The van der Waals surface area contributed by atoms with Gasteiger partial charge in [-0.05, 0) is 37.8 Å². The number of ether oxygens (including phenoxy) is 2. The molecule has 2 heterocycles. The fourth-order valence-electron chi connectivity index (χ4n) is 3.67. The van der Waals surface area contributed by atoms with Crippen molar-refractivity contribution in [1.82, 2.24) is 14.7 Å². The second kappa shape index (κ2) is 7.82. The van der Waals surface area contributed by atoms with Gasteiger partial charge in [0.05, 0.1) is 18.8 Å². The van der Waals surface area contributed by atoms with E-state index < -0.39 is 5.97 Å². The number of aromatic nitrogens is 2. The summed E-state index contributed by atoms with van der Waals surface area (Å²) in [6.07, 6.45) is 4.68. The highest BCUT2D eigenvalue weighted by Crippen LogP contribution is 2.26. The summed E-state index contributed by atoms with van der Waals surface area (Å²) >= 11 is 0. The van der Waals surface area contributed by atoms with Gasteiger partial charge in [0, 0.05) is 11.3 Å². The van der Waals surface area contributed by atoms with Crippen molar-refractivity contribution >= 4 is 12.1 Å². The Bertz CT molecular complexity index is 831. The fourth-order valence-corrected chi connectivity index (χ4v) is 3.67. The molecule has 1 aromatic carbocycles. The van der Waals surface area contributed by atoms with E-state index in [0.29, 0.717) is 25.4 Å². The van der Waals surface area contributed by atoms with Gasteiger partial charge in [0.2, 0.25) is 0 Å². The Morgan fingerprint density at radius 3 is 2.74 bits per heavy atom. The topological polar surface area (TPSA) is 73.7 Å². The number of hydrogen-bond acceptors (Lipinski definition) is 5. The average molecular weight is 369 g/mol. The molecular weight excluding hydrogens is 346 g/mol. The summed E-state index contributed by atoms with van der Waals surface area (Å²) in [6, 6.07) is 9.88. The Kier molecular flexibility index (Phi) is 5.09. The molecule has 2 aromatic rings. The summed E-state index contributed by atoms with van der Waals surface area (Å²) < 4.78 is 12.2. The molecule has 0 radical (unpaired) electrons. The third kappa shape index (κ3) is 3.67. The highest BCUT2D eigenvalue weighted by Gasteiger charge is 2.26. The molecule has 7 nitrogen and oxygen atoms in total. The molecule has 1 amide bonds. The summed E-state index contributed by atoms with van der Waals surface area (Å²) in [5.41, 5.74) is 3.46. The van der Waals surface area contributed by atoms with Crippen molar-refractivity contribution in [2.24, 2.45) is 0 Å². The minimum atomic E-state index is -0.421. The molecule has 0 spiro atoms. The third-order valence-electron chi connectivity index (χ3n) is 5.06. The van der Waals surface area contributed by atoms with Crippen molar-refractivity contribution in [1.29, 1.82) is 0 Å². The van der Waals surface area contributed by atoms with Crippen molar-refractivity contribution in [3.8, 4) is 5.69 Å². The molecule has 2 aliphatic rings. The van der Waals surface area contributed by atoms with E-state index in [-0.39, 0.29) is 12.7 Å². The fraction of sp³-hybridized carbons (Fsp3) is 0.450. The maximum Gasteiger partial charge on any atom is 0.410 e. The van der Waals surface area contributed by atoms with Crippen molar-refractivity contribution in [3.05, 3.63) is 47.3 Å². The molecule has 0 unspecified atom stereocenters. The highest BCUT2D eigenvalue weighted by atomic mass is 16.6. The number of cyclic esters (lactones) is 1. The summed E-state index contributed by atoms with van der Waals surface area (Å²) in [5.74, 6) is -0.421. The van der Waals surface area contributed by atoms with Crippen LogP contribution in [-0.2, 0) is 22.3 Å². The smallest absolute Gasteiger partial charge is 0.410 e. The van der Waals surface area contributed by atoms with Gasteiger partial charge in [-0.1, -0.05) is 24.6 Å². The lowest BCUT2D eigenvalue weighted by Crippen LogP contribution is -2.29. The van der Waals surface area contributed by atoms with Gasteiger partial charge in [0.1, 0.15) is 13.2 Å². The normalized spacial score (nSPS) is 16.6. The van der Waals surface area contributed by atoms with Gasteiger partial charge in [-0.15, -0.1) is 0 Å². The van der Waals surface area contributed by atoms with E-state index in [1.54, 1.807) is 0 Å². The maximum atomic E-state index is 12.7. The molecule has 1 saturated heterocycles. The second-order valence-corrected chi connectivity index (χ2v) is 6.82. The molecule has 142 valence electrons. The van der Waals surface area contributed by atoms with Crippen molar-refractivity contribution in [2.75, 3.05) is 26.3 Å². The minimum absolute atomic E-state index is 0.140. The quantitative estimate of drug-likeness (QED) is 0.598. The number of carbonyl (C=O) groups excluding carboxylic acids is 2. The Labute approximate surface area is 157 Å². The van der Waals surface area contributed by atoms with Crippen LogP contribution in [0.15, 0.2) is 30.3 Å². The number of amides is 1. The molecule has 0 saturated carbocycles. The summed E-state index contributed by atoms with van der Waals surface area (Å²) in [5, 5.41) is 4.61. The lowest BCUT2D eigenvalue weighted by Gasteiger charge is -2.12. The Morgan fingerprint density at radius 1 is 1.15 bits per heavy atom. The molecule has 4 rings (SSSR count). The molecule has 1 aromatic heterocycles. The molecule has 1 fully saturated rings. The average Bonchev–Trinajstić information content (AvgIpc) is 3.17. The van der Waals surface area contributed by atoms with Gasteiger partial charge in [-0.2, -0.15) is 5.10 Å². The van der Waals surface area contributed by atoms with Gasteiger partial charge >= 0.3 is 12.1 Å². The monoisotopic (exact) mass is 369 g/mol. The predicted molar refractivity (Wildman–Crippen MR) is 98.0 cm³/mol. The first-order chi connectivity index (χ1) is 13.2. The Balaban J connectivity index is 1.53. The number of benzene rings is 1. The van der Waals surface area contributed by atoms with Crippen LogP contribution >= 0.6 is 0 Å². The second-order valence-electron chi connectivity index (χ2n) is 6.82. The van der Waals surface area contributed by atoms with Gasteiger partial charge in [-0.25, -0.2) is 14.3 Å². The van der Waals surface area contributed by atoms with Crippen LogP contribution < -0.4 is 0 Å². The van der Waals surface area contributed by atoms with Crippen LogP contribution in [0.2, 0.25) is 0 Å². The predicted octanol–water partition coefficient (Wildman–Crippen LogP) is 2.75. The molecule has 0 N–H and O–H groups in total. The van der Waals surface area contributed by atoms with E-state index in [2.05, 4.69) is 5.10 Å². The van der Waals surface area contributed by atoms with E-state index in [9.17, 15) is 9.59 Å². The largest absolute Gasteiger partial charge is 0.459 e. The number of hydrogen-bond donors (Lipinski definition) is 0. The number of rotatable bonds is 5. The Morgan fingerprint density at radius 2 is 1.96 bits per heavy atom. The molecule has 7 heteroatoms. The number of esters is 1. The zero-order chi connectivity index (χ0) is 18.6. The van der Waals surface area contributed by atoms with Gasteiger partial charge in [0.15, 0.2) is 5.69 Å². The molecule has 27 heavy (non-hydrogen) atoms. The van der Waals surface area contributed by atoms with Crippen LogP contribution in [-0.4, -0.2) is 53.0 Å². The highest BCUT2D eigenvalue weighted by molar-refractivity contribution is 5.89. The molecular formula is C20H23N3O4. The molecule has 0 bridgehead atoms. The van der Waals surface area contributed by atoms with E-state index >= 15 is 0 Å². The summed E-state index contributed by atoms with van der Waals surface area (Å²) in [6.45, 7) is 1.41. The SMILES string of the molecule is O=C(OCCN1CCOC1=O)c1nn(-c2ccccc2)c2c1CCCCC2. The van der Waals surface area contributed by atoms with Crippen LogP contribution in [0.4, 0.5) is 4.79 Å². The van der Waals surface area contributed by atoms with Crippen LogP contribution in [0.1, 0.15) is 41.0 Å². The van der Waals surface area contributed by atoms with Gasteiger partial charge in [-0.3, -0.25) is 0 Å². The van der Waals surface area contributed by atoms with E-state index in [1.807, 2.05) is 35.0 Å². The van der Waals surface area contributed by atoms with Crippen LogP contribution in [0.25, 0.3) is 5.69 Å². The standard InChI is InChI=1S/C20H23N3O4/c24-19(26-13-11-22-12-14-27-20(22)25)18-16-9-5-2-6-10-17(16)23(21-18)15-7-3-1-4-8-15/h1,3-4,7-8H,2,5-6,9-14H2. The summed E-state index contributed by atoms with van der Waals surface area (Å²) in [7, 11) is 0.